The van der Waals surface area contributed by atoms with Crippen molar-refractivity contribution in [3.8, 4) is 5.75 Å². The molecule has 1 aromatic rings. The molecule has 124 valence electrons. The average Bonchev–Trinajstić information content (AvgIpc) is 3.00. The number of benzene rings is 1. The van der Waals surface area contributed by atoms with Crippen LogP contribution in [0.3, 0.4) is 0 Å². The summed E-state index contributed by atoms with van der Waals surface area (Å²) < 4.78 is 10.8. The van der Waals surface area contributed by atoms with Gasteiger partial charge in [0, 0.05) is 30.0 Å². The van der Waals surface area contributed by atoms with Crippen LogP contribution >= 0.6 is 0 Å². The summed E-state index contributed by atoms with van der Waals surface area (Å²) >= 11 is 0. The Labute approximate surface area is 138 Å². The number of hydrazine groups is 1. The molecular formula is C16H16N4O4. The van der Waals surface area contributed by atoms with Crippen LogP contribution in [0.25, 0.3) is 0 Å². The number of carboxylic acids is 1. The number of ether oxygens (including phenoxy) is 2. The molecule has 2 N–H and O–H groups in total. The van der Waals surface area contributed by atoms with Crippen LogP contribution in [-0.4, -0.2) is 49.5 Å². The summed E-state index contributed by atoms with van der Waals surface area (Å²) in [6, 6.07) is 4.82. The number of rotatable bonds is 2. The van der Waals surface area contributed by atoms with Gasteiger partial charge in [-0.3, -0.25) is 19.8 Å². The van der Waals surface area contributed by atoms with Crippen LogP contribution < -0.4 is 15.2 Å². The van der Waals surface area contributed by atoms with E-state index in [1.165, 1.54) is 0 Å². The topological polar surface area (TPSA) is 95.8 Å². The molecule has 0 aromatic heterocycles. The number of hydrogen-bond donors (Lipinski definition) is 2. The van der Waals surface area contributed by atoms with Crippen molar-refractivity contribution in [3.05, 3.63) is 30.0 Å². The van der Waals surface area contributed by atoms with Gasteiger partial charge < -0.3 is 14.6 Å². The molecule has 1 aromatic carbocycles. The molecule has 0 amide bonds. The van der Waals surface area contributed by atoms with Crippen LogP contribution in [-0.2, 0) is 9.53 Å². The minimum Gasteiger partial charge on any atom is -0.486 e. The number of nitrogens with one attached hydrogen (secondary N) is 1. The number of nitrogens with zero attached hydrogens (tertiary/aromatic N) is 3. The summed E-state index contributed by atoms with van der Waals surface area (Å²) in [6.45, 7) is 0.786. The zero-order valence-corrected chi connectivity index (χ0v) is 13.0. The predicted molar refractivity (Wildman–Crippen MR) is 88.0 cm³/mol. The maximum absolute atomic E-state index is 11.6. The first kappa shape index (κ1) is 14.7. The molecule has 0 radical (unpaired) electrons. The van der Waals surface area contributed by atoms with Crippen molar-refractivity contribution in [1.82, 2.24) is 5.43 Å². The van der Waals surface area contributed by atoms with E-state index in [1.54, 1.807) is 24.4 Å². The molecule has 2 unspecified atom stereocenters. The summed E-state index contributed by atoms with van der Waals surface area (Å²) in [4.78, 5) is 20.1. The lowest BCUT2D eigenvalue weighted by Gasteiger charge is -2.24. The highest BCUT2D eigenvalue weighted by Gasteiger charge is 2.43. The second kappa shape index (κ2) is 5.64. The first-order valence-electron chi connectivity index (χ1n) is 7.56. The molecule has 1 fully saturated rings. The van der Waals surface area contributed by atoms with Crippen LogP contribution in [0.15, 0.2) is 40.0 Å². The van der Waals surface area contributed by atoms with Gasteiger partial charge in [-0.05, 0) is 12.1 Å². The quantitative estimate of drug-likeness (QED) is 0.844. The standard InChI is InChI=1S/C16H16N4O4/c1-23-14-7-12-10(8-18-14)15(16(21)22)19-20(12)9-2-3-11-13(6-9)24-5-4-17-11/h2-4,6-7,10,15,19H,5,8H2,1H3,(H,21,22). The Morgan fingerprint density at radius 3 is 3.17 bits per heavy atom. The second-order valence-corrected chi connectivity index (χ2v) is 5.61. The molecule has 8 nitrogen and oxygen atoms in total. The van der Waals surface area contributed by atoms with Gasteiger partial charge in [0.2, 0.25) is 5.90 Å². The van der Waals surface area contributed by atoms with Gasteiger partial charge in [0.15, 0.2) is 0 Å². The molecule has 8 heteroatoms. The van der Waals surface area contributed by atoms with Gasteiger partial charge in [-0.2, -0.15) is 0 Å². The number of hydrogen-bond acceptors (Lipinski definition) is 7. The van der Waals surface area contributed by atoms with E-state index in [0.29, 0.717) is 24.8 Å². The summed E-state index contributed by atoms with van der Waals surface area (Å²) in [5, 5.41) is 11.3. The molecule has 0 saturated carbocycles. The highest BCUT2D eigenvalue weighted by molar-refractivity contribution is 5.91. The van der Waals surface area contributed by atoms with Crippen molar-refractivity contribution in [1.29, 1.82) is 0 Å². The van der Waals surface area contributed by atoms with Crippen LogP contribution in [0.1, 0.15) is 0 Å². The third-order valence-corrected chi connectivity index (χ3v) is 4.24. The maximum Gasteiger partial charge on any atom is 0.323 e. The molecule has 3 aliphatic heterocycles. The lowest BCUT2D eigenvalue weighted by atomic mass is 9.96. The largest absolute Gasteiger partial charge is 0.486 e. The van der Waals surface area contributed by atoms with Crippen LogP contribution in [0.5, 0.6) is 5.75 Å². The molecule has 0 aliphatic carbocycles. The van der Waals surface area contributed by atoms with Gasteiger partial charge in [-0.15, -0.1) is 0 Å². The Morgan fingerprint density at radius 1 is 1.50 bits per heavy atom. The van der Waals surface area contributed by atoms with Gasteiger partial charge in [0.05, 0.1) is 19.3 Å². The Balaban J connectivity index is 1.73. The number of anilines is 1. The van der Waals surface area contributed by atoms with E-state index in [0.717, 1.165) is 17.1 Å². The molecule has 2 atom stereocenters. The van der Waals surface area contributed by atoms with E-state index in [1.807, 2.05) is 18.2 Å². The SMILES string of the molecule is COC1=NCC2C(=C1)N(c1ccc3c(c1)OCC=N3)NC2C(=O)O. The molecule has 3 heterocycles. The van der Waals surface area contributed by atoms with Crippen molar-refractivity contribution in [3.63, 3.8) is 0 Å². The van der Waals surface area contributed by atoms with E-state index in [4.69, 9.17) is 9.47 Å². The Morgan fingerprint density at radius 2 is 2.38 bits per heavy atom. The zero-order valence-electron chi connectivity index (χ0n) is 13.0. The summed E-state index contributed by atoms with van der Waals surface area (Å²) in [5.74, 6) is -0.0123. The Kier molecular flexibility index (Phi) is 3.46. The number of carbonyl (C=O) groups is 1. The first-order chi connectivity index (χ1) is 11.7. The summed E-state index contributed by atoms with van der Waals surface area (Å²) in [5.41, 5.74) is 5.39. The van der Waals surface area contributed by atoms with Crippen molar-refractivity contribution in [2.24, 2.45) is 15.9 Å². The molecule has 4 rings (SSSR count). The van der Waals surface area contributed by atoms with Gasteiger partial charge >= 0.3 is 5.97 Å². The van der Waals surface area contributed by atoms with Crippen molar-refractivity contribution in [2.45, 2.75) is 6.04 Å². The highest BCUT2D eigenvalue weighted by Crippen LogP contribution is 2.38. The molecule has 1 saturated heterocycles. The van der Waals surface area contributed by atoms with E-state index in [9.17, 15) is 9.90 Å². The number of dihydropyridines is 1. The molecule has 0 spiro atoms. The Hall–Kier alpha value is -2.87. The van der Waals surface area contributed by atoms with E-state index in [-0.39, 0.29) is 5.92 Å². The normalized spacial score (nSPS) is 24.5. The van der Waals surface area contributed by atoms with Crippen LogP contribution in [0.2, 0.25) is 0 Å². The number of methoxy groups -OCH3 is 1. The molecule has 3 aliphatic rings. The van der Waals surface area contributed by atoms with Gasteiger partial charge in [0.25, 0.3) is 0 Å². The maximum atomic E-state index is 11.6. The summed E-state index contributed by atoms with van der Waals surface area (Å²) in [6.07, 6.45) is 3.47. The third-order valence-electron chi connectivity index (χ3n) is 4.24. The predicted octanol–water partition coefficient (Wildman–Crippen LogP) is 1.12. The average molecular weight is 328 g/mol. The smallest absolute Gasteiger partial charge is 0.323 e. The Bertz CT molecular complexity index is 786. The van der Waals surface area contributed by atoms with Crippen molar-refractivity contribution in [2.75, 3.05) is 25.3 Å². The fraction of sp³-hybridized carbons (Fsp3) is 0.312. The lowest BCUT2D eigenvalue weighted by molar-refractivity contribution is -0.139. The van der Waals surface area contributed by atoms with Gasteiger partial charge in [-0.25, -0.2) is 5.43 Å². The number of fused-ring (bicyclic) bond motifs is 2. The lowest BCUT2D eigenvalue weighted by Crippen LogP contribution is -2.41. The second-order valence-electron chi connectivity index (χ2n) is 5.61. The van der Waals surface area contributed by atoms with Gasteiger partial charge in [-0.1, -0.05) is 0 Å². The van der Waals surface area contributed by atoms with Crippen molar-refractivity contribution >= 4 is 29.5 Å². The fourth-order valence-electron chi connectivity index (χ4n) is 3.07. The van der Waals surface area contributed by atoms with Crippen LogP contribution in [0.4, 0.5) is 11.4 Å². The fourth-order valence-corrected chi connectivity index (χ4v) is 3.07. The summed E-state index contributed by atoms with van der Waals surface area (Å²) in [7, 11) is 1.54. The number of aliphatic carboxylic acids is 1. The molecular weight excluding hydrogens is 312 g/mol. The minimum absolute atomic E-state index is 0.253. The van der Waals surface area contributed by atoms with Crippen molar-refractivity contribution < 1.29 is 19.4 Å². The molecule has 24 heavy (non-hydrogen) atoms. The number of carboxylic acid groups (broad SMARTS) is 1. The van der Waals surface area contributed by atoms with E-state index in [2.05, 4.69) is 15.4 Å². The van der Waals surface area contributed by atoms with E-state index < -0.39 is 12.0 Å². The van der Waals surface area contributed by atoms with Crippen LogP contribution in [0, 0.1) is 5.92 Å². The highest BCUT2D eigenvalue weighted by atomic mass is 16.5. The van der Waals surface area contributed by atoms with E-state index >= 15 is 0 Å². The monoisotopic (exact) mass is 328 g/mol. The first-order valence-corrected chi connectivity index (χ1v) is 7.56. The number of aliphatic imine (C=N–C) groups is 2. The van der Waals surface area contributed by atoms with Gasteiger partial charge in [0.1, 0.15) is 24.1 Å². The molecule has 0 bridgehead atoms. The third kappa shape index (κ3) is 2.31. The zero-order chi connectivity index (χ0) is 16.7. The minimum atomic E-state index is -0.914.